The van der Waals surface area contributed by atoms with E-state index < -0.39 is 22.1 Å². The van der Waals surface area contributed by atoms with E-state index in [2.05, 4.69) is 14.2 Å². The van der Waals surface area contributed by atoms with E-state index in [0.717, 1.165) is 0 Å². The summed E-state index contributed by atoms with van der Waals surface area (Å²) in [5, 5.41) is 0. The Balaban J connectivity index is 2.85. The standard InChI is InChI=1S/C11H16N2O4S/c1-12-18(15,16)13-8-10(11(14)17-2)9-6-4-3-5-7-9/h3-7,10,12-13H,8H2,1-2H3/t10-/m1/s1. The normalized spacial score (nSPS) is 13.0. The maximum Gasteiger partial charge on any atom is 0.314 e. The van der Waals surface area contributed by atoms with Crippen LogP contribution in [0.2, 0.25) is 0 Å². The number of rotatable bonds is 6. The van der Waals surface area contributed by atoms with Crippen LogP contribution < -0.4 is 9.44 Å². The van der Waals surface area contributed by atoms with Crippen LogP contribution in [-0.2, 0) is 19.7 Å². The third-order valence-electron chi connectivity index (χ3n) is 2.43. The molecule has 1 aromatic rings. The summed E-state index contributed by atoms with van der Waals surface area (Å²) < 4.78 is 31.6. The molecule has 0 radical (unpaired) electrons. The Morgan fingerprint density at radius 3 is 2.44 bits per heavy atom. The number of ether oxygens (including phenoxy) is 1. The van der Waals surface area contributed by atoms with Crippen LogP contribution in [0.5, 0.6) is 0 Å². The average Bonchev–Trinajstić information content (AvgIpc) is 2.39. The van der Waals surface area contributed by atoms with Crippen LogP contribution in [-0.4, -0.2) is 35.1 Å². The summed E-state index contributed by atoms with van der Waals surface area (Å²) in [5.74, 6) is -1.15. The van der Waals surface area contributed by atoms with Gasteiger partial charge in [0.2, 0.25) is 0 Å². The molecule has 1 rings (SSSR count). The molecule has 6 nitrogen and oxygen atoms in total. The van der Waals surface area contributed by atoms with Crippen molar-refractivity contribution in [3.63, 3.8) is 0 Å². The van der Waals surface area contributed by atoms with E-state index in [1.54, 1.807) is 24.3 Å². The van der Waals surface area contributed by atoms with Crippen molar-refractivity contribution in [1.29, 1.82) is 0 Å². The second kappa shape index (κ2) is 6.48. The van der Waals surface area contributed by atoms with Gasteiger partial charge in [0, 0.05) is 13.6 Å². The van der Waals surface area contributed by atoms with Crippen LogP contribution in [0.15, 0.2) is 30.3 Å². The summed E-state index contributed by atoms with van der Waals surface area (Å²) in [6.45, 7) is -0.0557. The van der Waals surface area contributed by atoms with E-state index >= 15 is 0 Å². The molecular formula is C11H16N2O4S. The monoisotopic (exact) mass is 272 g/mol. The quantitative estimate of drug-likeness (QED) is 0.714. The largest absolute Gasteiger partial charge is 0.469 e. The molecule has 100 valence electrons. The van der Waals surface area contributed by atoms with E-state index in [-0.39, 0.29) is 6.54 Å². The minimum atomic E-state index is -3.57. The first kappa shape index (κ1) is 14.6. The van der Waals surface area contributed by atoms with Gasteiger partial charge in [-0.25, -0.2) is 9.44 Å². The fourth-order valence-corrected chi connectivity index (χ4v) is 1.96. The lowest BCUT2D eigenvalue weighted by atomic mass is 10.00. The van der Waals surface area contributed by atoms with E-state index in [9.17, 15) is 13.2 Å². The molecule has 0 amide bonds. The molecule has 7 heteroatoms. The first-order valence-corrected chi connectivity index (χ1v) is 6.79. The van der Waals surface area contributed by atoms with Crippen molar-refractivity contribution >= 4 is 16.2 Å². The van der Waals surface area contributed by atoms with Crippen LogP contribution >= 0.6 is 0 Å². The lowest BCUT2D eigenvalue weighted by Crippen LogP contribution is -2.38. The lowest BCUT2D eigenvalue weighted by Gasteiger charge is -2.15. The highest BCUT2D eigenvalue weighted by molar-refractivity contribution is 7.87. The molecule has 0 aliphatic carbocycles. The van der Waals surface area contributed by atoms with Gasteiger partial charge in [-0.1, -0.05) is 30.3 Å². The summed E-state index contributed by atoms with van der Waals surface area (Å²) in [4.78, 5) is 11.6. The first-order chi connectivity index (χ1) is 8.50. The average molecular weight is 272 g/mol. The molecule has 2 N–H and O–H groups in total. The van der Waals surface area contributed by atoms with Gasteiger partial charge in [-0.15, -0.1) is 0 Å². The predicted octanol–water partition coefficient (Wildman–Crippen LogP) is -0.00300. The van der Waals surface area contributed by atoms with E-state index in [0.29, 0.717) is 5.56 Å². The molecule has 0 aromatic heterocycles. The second-order valence-corrected chi connectivity index (χ2v) is 5.25. The molecular weight excluding hydrogens is 256 g/mol. The molecule has 0 aliphatic rings. The van der Waals surface area contributed by atoms with Crippen molar-refractivity contribution in [3.05, 3.63) is 35.9 Å². The maximum atomic E-state index is 11.6. The van der Waals surface area contributed by atoms with Crippen LogP contribution in [0.4, 0.5) is 0 Å². The van der Waals surface area contributed by atoms with E-state index in [1.165, 1.54) is 14.2 Å². The molecule has 18 heavy (non-hydrogen) atoms. The molecule has 0 saturated carbocycles. The zero-order chi connectivity index (χ0) is 13.6. The molecule has 1 aromatic carbocycles. The van der Waals surface area contributed by atoms with Crippen molar-refractivity contribution in [2.75, 3.05) is 20.7 Å². The van der Waals surface area contributed by atoms with Gasteiger partial charge in [0.1, 0.15) is 0 Å². The van der Waals surface area contributed by atoms with Crippen LogP contribution in [0, 0.1) is 0 Å². The number of benzene rings is 1. The molecule has 0 fully saturated rings. The van der Waals surface area contributed by atoms with Gasteiger partial charge in [-0.05, 0) is 5.56 Å². The Morgan fingerprint density at radius 1 is 1.33 bits per heavy atom. The van der Waals surface area contributed by atoms with Crippen molar-refractivity contribution in [3.8, 4) is 0 Å². The summed E-state index contributed by atoms with van der Waals surface area (Å²) in [5.41, 5.74) is 0.697. The predicted molar refractivity (Wildman–Crippen MR) is 67.2 cm³/mol. The fourth-order valence-electron chi connectivity index (χ4n) is 1.43. The van der Waals surface area contributed by atoms with Crippen LogP contribution in [0.1, 0.15) is 11.5 Å². The second-order valence-electron chi connectivity index (χ2n) is 3.54. The minimum absolute atomic E-state index is 0.0557. The Kier molecular flexibility index (Phi) is 5.26. The Bertz CT molecular complexity index is 487. The number of carbonyl (C=O) groups is 1. The van der Waals surface area contributed by atoms with E-state index in [1.807, 2.05) is 6.07 Å². The molecule has 0 unspecified atom stereocenters. The third kappa shape index (κ3) is 4.10. The number of esters is 1. The smallest absolute Gasteiger partial charge is 0.314 e. The summed E-state index contributed by atoms with van der Waals surface area (Å²) in [6.07, 6.45) is 0. The maximum absolute atomic E-state index is 11.6. The third-order valence-corrected chi connectivity index (χ3v) is 3.52. The van der Waals surface area contributed by atoms with Crippen molar-refractivity contribution < 1.29 is 17.9 Å². The van der Waals surface area contributed by atoms with Crippen molar-refractivity contribution in [2.24, 2.45) is 0 Å². The molecule has 0 aliphatic heterocycles. The number of hydrogen-bond donors (Lipinski definition) is 2. The van der Waals surface area contributed by atoms with Gasteiger partial charge >= 0.3 is 5.97 Å². The number of carbonyl (C=O) groups excluding carboxylic acids is 1. The van der Waals surface area contributed by atoms with Gasteiger partial charge in [-0.2, -0.15) is 8.42 Å². The topological polar surface area (TPSA) is 84.5 Å². The highest BCUT2D eigenvalue weighted by Crippen LogP contribution is 2.16. The van der Waals surface area contributed by atoms with Gasteiger partial charge in [0.15, 0.2) is 0 Å². The van der Waals surface area contributed by atoms with Crippen molar-refractivity contribution in [1.82, 2.24) is 9.44 Å². The Hall–Kier alpha value is -1.44. The number of hydrogen-bond acceptors (Lipinski definition) is 4. The Morgan fingerprint density at radius 2 is 1.94 bits per heavy atom. The van der Waals surface area contributed by atoms with Gasteiger partial charge in [0.05, 0.1) is 13.0 Å². The lowest BCUT2D eigenvalue weighted by molar-refractivity contribution is -0.142. The number of nitrogens with one attached hydrogen (secondary N) is 2. The summed E-state index contributed by atoms with van der Waals surface area (Å²) >= 11 is 0. The zero-order valence-corrected chi connectivity index (χ0v) is 11.0. The molecule has 0 spiro atoms. The highest BCUT2D eigenvalue weighted by atomic mass is 32.2. The van der Waals surface area contributed by atoms with E-state index in [4.69, 9.17) is 0 Å². The summed E-state index contributed by atoms with van der Waals surface area (Å²) in [6, 6.07) is 8.86. The van der Waals surface area contributed by atoms with Crippen LogP contribution in [0.25, 0.3) is 0 Å². The fraction of sp³-hybridized carbons (Fsp3) is 0.364. The van der Waals surface area contributed by atoms with Gasteiger partial charge in [0.25, 0.3) is 10.2 Å². The van der Waals surface area contributed by atoms with Gasteiger partial charge < -0.3 is 4.74 Å². The van der Waals surface area contributed by atoms with Crippen LogP contribution in [0.3, 0.4) is 0 Å². The molecule has 1 atom stereocenters. The SMILES string of the molecule is CNS(=O)(=O)NC[C@@H](C(=O)OC)c1ccccc1. The molecule has 0 saturated heterocycles. The highest BCUT2D eigenvalue weighted by Gasteiger charge is 2.22. The first-order valence-electron chi connectivity index (χ1n) is 5.31. The number of methoxy groups -OCH3 is 1. The molecule has 0 bridgehead atoms. The Labute approximate surface area is 107 Å². The molecule has 0 heterocycles. The summed E-state index contributed by atoms with van der Waals surface area (Å²) in [7, 11) is -1.01. The van der Waals surface area contributed by atoms with Crippen molar-refractivity contribution in [2.45, 2.75) is 5.92 Å². The minimum Gasteiger partial charge on any atom is -0.469 e. The zero-order valence-electron chi connectivity index (χ0n) is 10.2. The van der Waals surface area contributed by atoms with Gasteiger partial charge in [-0.3, -0.25) is 4.79 Å².